The van der Waals surface area contributed by atoms with Crippen LogP contribution in [0.1, 0.15) is 23.4 Å². The molecule has 126 valence electrons. The van der Waals surface area contributed by atoms with Crippen molar-refractivity contribution in [2.24, 2.45) is 0 Å². The van der Waals surface area contributed by atoms with Gasteiger partial charge in [0.2, 0.25) is 0 Å². The molecule has 1 aromatic heterocycles. The highest BCUT2D eigenvalue weighted by Gasteiger charge is 2.12. The molecule has 5 heteroatoms. The standard InChI is InChI=1S/C19H22N4.ClH/c1-15-21-13-18(19(20)22-15)14-23-11-9-17(10-12-23)8-7-16-5-3-2-4-6-16;/h2-9,13H,10-12,14H2,1H3,(H2,20,21,22);1H. The summed E-state index contributed by atoms with van der Waals surface area (Å²) in [6.45, 7) is 4.62. The number of nitrogens with two attached hydrogens (primary N) is 1. The van der Waals surface area contributed by atoms with Crippen molar-refractivity contribution in [1.82, 2.24) is 14.9 Å². The average Bonchev–Trinajstić information content (AvgIpc) is 2.58. The predicted molar refractivity (Wildman–Crippen MR) is 102 cm³/mol. The number of rotatable bonds is 4. The molecule has 0 bridgehead atoms. The van der Waals surface area contributed by atoms with Crippen LogP contribution in [-0.2, 0) is 6.54 Å². The number of nitrogens with zero attached hydrogens (tertiary/aromatic N) is 3. The quantitative estimate of drug-likeness (QED) is 0.921. The summed E-state index contributed by atoms with van der Waals surface area (Å²) in [5.41, 5.74) is 9.60. The zero-order chi connectivity index (χ0) is 16.1. The van der Waals surface area contributed by atoms with Crippen molar-refractivity contribution in [3.8, 4) is 0 Å². The fourth-order valence-electron chi connectivity index (χ4n) is 2.66. The Labute approximate surface area is 149 Å². The van der Waals surface area contributed by atoms with Crippen LogP contribution < -0.4 is 5.73 Å². The van der Waals surface area contributed by atoms with Crippen LogP contribution in [0, 0.1) is 6.92 Å². The van der Waals surface area contributed by atoms with Gasteiger partial charge in [0.25, 0.3) is 0 Å². The van der Waals surface area contributed by atoms with Crippen LogP contribution >= 0.6 is 12.4 Å². The second kappa shape index (κ2) is 8.62. The summed E-state index contributed by atoms with van der Waals surface area (Å²) in [5.74, 6) is 1.31. The minimum Gasteiger partial charge on any atom is -0.383 e. The van der Waals surface area contributed by atoms with Gasteiger partial charge in [-0.05, 0) is 24.5 Å². The maximum Gasteiger partial charge on any atom is 0.131 e. The summed E-state index contributed by atoms with van der Waals surface area (Å²) in [5, 5.41) is 0. The second-order valence-electron chi connectivity index (χ2n) is 5.84. The largest absolute Gasteiger partial charge is 0.383 e. The molecule has 2 aromatic rings. The van der Waals surface area contributed by atoms with Gasteiger partial charge < -0.3 is 5.73 Å². The zero-order valence-corrected chi connectivity index (χ0v) is 14.7. The van der Waals surface area contributed by atoms with E-state index in [1.807, 2.05) is 19.2 Å². The molecule has 0 atom stereocenters. The average molecular weight is 343 g/mol. The van der Waals surface area contributed by atoms with Gasteiger partial charge in [-0.15, -0.1) is 12.4 Å². The third-order valence-corrected chi connectivity index (χ3v) is 4.03. The van der Waals surface area contributed by atoms with Crippen LogP contribution in [0.2, 0.25) is 0 Å². The van der Waals surface area contributed by atoms with Crippen LogP contribution in [0.25, 0.3) is 6.08 Å². The van der Waals surface area contributed by atoms with Crippen molar-refractivity contribution in [3.63, 3.8) is 0 Å². The molecule has 0 fully saturated rings. The van der Waals surface area contributed by atoms with Crippen molar-refractivity contribution in [1.29, 1.82) is 0 Å². The molecule has 1 aromatic carbocycles. The number of nitrogen functional groups attached to an aromatic ring is 1. The van der Waals surface area contributed by atoms with Crippen LogP contribution in [-0.4, -0.2) is 28.0 Å². The molecule has 1 aliphatic heterocycles. The highest BCUT2D eigenvalue weighted by molar-refractivity contribution is 5.85. The van der Waals surface area contributed by atoms with Gasteiger partial charge in [0, 0.05) is 31.4 Å². The lowest BCUT2D eigenvalue weighted by molar-refractivity contribution is 0.287. The van der Waals surface area contributed by atoms with E-state index < -0.39 is 0 Å². The highest BCUT2D eigenvalue weighted by Crippen LogP contribution is 2.17. The topological polar surface area (TPSA) is 55.0 Å². The molecular formula is C19H23ClN4. The first kappa shape index (κ1) is 18.2. The first-order valence-electron chi connectivity index (χ1n) is 7.93. The Morgan fingerprint density at radius 1 is 1.21 bits per heavy atom. The maximum atomic E-state index is 5.97. The Bertz CT molecular complexity index is 725. The fourth-order valence-corrected chi connectivity index (χ4v) is 2.66. The zero-order valence-electron chi connectivity index (χ0n) is 13.9. The number of aromatic nitrogens is 2. The molecule has 0 unspecified atom stereocenters. The van der Waals surface area contributed by atoms with Crippen molar-refractivity contribution < 1.29 is 0 Å². The van der Waals surface area contributed by atoms with E-state index in [-0.39, 0.29) is 12.4 Å². The number of allylic oxidation sites excluding steroid dienone is 1. The summed E-state index contributed by atoms with van der Waals surface area (Å²) >= 11 is 0. The summed E-state index contributed by atoms with van der Waals surface area (Å²) in [7, 11) is 0. The number of halogens is 1. The van der Waals surface area contributed by atoms with Gasteiger partial charge in [-0.3, -0.25) is 4.90 Å². The Hall–Kier alpha value is -2.17. The van der Waals surface area contributed by atoms with Crippen molar-refractivity contribution in [2.45, 2.75) is 19.9 Å². The summed E-state index contributed by atoms with van der Waals surface area (Å²) < 4.78 is 0. The molecule has 2 heterocycles. The fraction of sp³-hybridized carbons (Fsp3) is 0.263. The normalized spacial score (nSPS) is 15.1. The SMILES string of the molecule is Cc1ncc(CN2CC=C(C=Cc3ccccc3)CC2)c(N)n1.Cl. The molecule has 24 heavy (non-hydrogen) atoms. The summed E-state index contributed by atoms with van der Waals surface area (Å²) in [6, 6.07) is 10.4. The Morgan fingerprint density at radius 3 is 2.67 bits per heavy atom. The lowest BCUT2D eigenvalue weighted by Crippen LogP contribution is -2.28. The van der Waals surface area contributed by atoms with Crippen LogP contribution in [0.3, 0.4) is 0 Å². The Kier molecular flexibility index (Phi) is 6.53. The second-order valence-corrected chi connectivity index (χ2v) is 5.84. The third-order valence-electron chi connectivity index (χ3n) is 4.03. The van der Waals surface area contributed by atoms with Gasteiger partial charge in [0.05, 0.1) is 0 Å². The molecule has 1 aliphatic rings. The predicted octanol–water partition coefficient (Wildman–Crippen LogP) is 3.63. The van der Waals surface area contributed by atoms with E-state index in [9.17, 15) is 0 Å². The molecule has 0 saturated carbocycles. The van der Waals surface area contributed by atoms with Gasteiger partial charge in [0.1, 0.15) is 11.6 Å². The van der Waals surface area contributed by atoms with Crippen LogP contribution in [0.15, 0.2) is 54.3 Å². The van der Waals surface area contributed by atoms with Gasteiger partial charge in [-0.1, -0.05) is 48.6 Å². The van der Waals surface area contributed by atoms with Gasteiger partial charge in [0.15, 0.2) is 0 Å². The summed E-state index contributed by atoms with van der Waals surface area (Å²) in [6.07, 6.45) is 9.57. The number of aryl methyl sites for hydroxylation is 1. The molecule has 0 radical (unpaired) electrons. The molecule has 3 rings (SSSR count). The van der Waals surface area contributed by atoms with Gasteiger partial charge in [-0.2, -0.15) is 0 Å². The van der Waals surface area contributed by atoms with Crippen LogP contribution in [0.4, 0.5) is 5.82 Å². The Morgan fingerprint density at radius 2 is 2.00 bits per heavy atom. The van der Waals surface area contributed by atoms with Gasteiger partial charge in [-0.25, -0.2) is 9.97 Å². The van der Waals surface area contributed by atoms with Crippen molar-refractivity contribution in [2.75, 3.05) is 18.8 Å². The van der Waals surface area contributed by atoms with E-state index in [2.05, 4.69) is 57.4 Å². The van der Waals surface area contributed by atoms with E-state index >= 15 is 0 Å². The Balaban J connectivity index is 0.00000208. The van der Waals surface area contributed by atoms with Crippen LogP contribution in [0.5, 0.6) is 0 Å². The molecule has 0 spiro atoms. The number of benzene rings is 1. The van der Waals surface area contributed by atoms with E-state index in [4.69, 9.17) is 5.73 Å². The van der Waals surface area contributed by atoms with Crippen molar-refractivity contribution >= 4 is 24.3 Å². The molecule has 4 nitrogen and oxygen atoms in total. The van der Waals surface area contributed by atoms with E-state index in [1.54, 1.807) is 0 Å². The lowest BCUT2D eigenvalue weighted by atomic mass is 10.1. The molecular weight excluding hydrogens is 320 g/mol. The van der Waals surface area contributed by atoms with Crippen molar-refractivity contribution in [3.05, 3.63) is 71.2 Å². The van der Waals surface area contributed by atoms with E-state index in [1.165, 1.54) is 11.1 Å². The minimum absolute atomic E-state index is 0. The molecule has 0 saturated heterocycles. The first-order chi connectivity index (χ1) is 11.2. The third kappa shape index (κ3) is 4.91. The lowest BCUT2D eigenvalue weighted by Gasteiger charge is -2.25. The molecule has 2 N–H and O–H groups in total. The van der Waals surface area contributed by atoms with Gasteiger partial charge >= 0.3 is 0 Å². The van der Waals surface area contributed by atoms with E-state index in [0.717, 1.165) is 37.4 Å². The monoisotopic (exact) mass is 342 g/mol. The molecule has 0 amide bonds. The number of anilines is 1. The number of hydrogen-bond acceptors (Lipinski definition) is 4. The number of hydrogen-bond donors (Lipinski definition) is 1. The summed E-state index contributed by atoms with van der Waals surface area (Å²) in [4.78, 5) is 10.8. The smallest absolute Gasteiger partial charge is 0.131 e. The highest BCUT2D eigenvalue weighted by atomic mass is 35.5. The minimum atomic E-state index is 0. The maximum absolute atomic E-state index is 5.97. The van der Waals surface area contributed by atoms with E-state index in [0.29, 0.717) is 5.82 Å². The first-order valence-corrected chi connectivity index (χ1v) is 7.93. The molecule has 0 aliphatic carbocycles.